The molecule has 0 aromatic heterocycles. The number of halogens is 1. The average Bonchev–Trinajstić information content (AvgIpc) is 2.82. The number of carboxylic acids is 1. The second-order valence-electron chi connectivity index (χ2n) is 4.78. The van der Waals surface area contributed by atoms with Gasteiger partial charge >= 0.3 is 5.97 Å². The zero-order chi connectivity index (χ0) is 14.0. The van der Waals surface area contributed by atoms with Gasteiger partial charge in [0.15, 0.2) is 0 Å². The van der Waals surface area contributed by atoms with Crippen LogP contribution in [0.4, 0.5) is 5.69 Å². The Morgan fingerprint density at radius 2 is 1.95 bits per heavy atom. The highest BCUT2D eigenvalue weighted by atomic mass is 79.9. The first-order valence-electron chi connectivity index (χ1n) is 6.05. The van der Waals surface area contributed by atoms with E-state index in [0.29, 0.717) is 28.6 Å². The van der Waals surface area contributed by atoms with E-state index in [-0.39, 0.29) is 0 Å². The van der Waals surface area contributed by atoms with Crippen LogP contribution in [-0.4, -0.2) is 22.5 Å². The second-order valence-corrected chi connectivity index (χ2v) is 5.64. The molecule has 0 saturated heterocycles. The molecule has 0 bridgehead atoms. The summed E-state index contributed by atoms with van der Waals surface area (Å²) in [4.78, 5) is 23.5. The van der Waals surface area contributed by atoms with Gasteiger partial charge in [-0.15, -0.1) is 0 Å². The highest BCUT2D eigenvalue weighted by Crippen LogP contribution is 2.30. The van der Waals surface area contributed by atoms with E-state index in [4.69, 9.17) is 5.73 Å². The molecule has 1 aromatic carbocycles. The number of rotatable bonds is 3. The minimum absolute atomic E-state index is 0.369. The summed E-state index contributed by atoms with van der Waals surface area (Å²) in [6.45, 7) is 0. The summed E-state index contributed by atoms with van der Waals surface area (Å²) in [7, 11) is 0. The van der Waals surface area contributed by atoms with E-state index >= 15 is 0 Å². The minimum Gasteiger partial charge on any atom is -0.480 e. The summed E-state index contributed by atoms with van der Waals surface area (Å²) in [5.41, 5.74) is 5.41. The molecule has 5 nitrogen and oxygen atoms in total. The third-order valence-corrected chi connectivity index (χ3v) is 4.20. The lowest BCUT2D eigenvalue weighted by molar-refractivity contribution is -0.144. The molecule has 0 atom stereocenters. The van der Waals surface area contributed by atoms with Gasteiger partial charge in [0.2, 0.25) is 0 Å². The topological polar surface area (TPSA) is 92.4 Å². The Kier molecular flexibility index (Phi) is 3.80. The second kappa shape index (κ2) is 5.21. The summed E-state index contributed by atoms with van der Waals surface area (Å²) in [6.07, 6.45) is 2.57. The maximum absolute atomic E-state index is 12.1. The number of aliphatic carboxylic acids is 1. The number of hydrogen-bond donors (Lipinski definition) is 3. The smallest absolute Gasteiger partial charge is 0.329 e. The normalized spacial score (nSPS) is 17.1. The van der Waals surface area contributed by atoms with Crippen LogP contribution in [0.25, 0.3) is 0 Å². The number of hydrogen-bond acceptors (Lipinski definition) is 3. The summed E-state index contributed by atoms with van der Waals surface area (Å²) >= 11 is 3.25. The van der Waals surface area contributed by atoms with Crippen molar-refractivity contribution in [3.05, 3.63) is 28.2 Å². The highest BCUT2D eigenvalue weighted by Gasteiger charge is 2.42. The Morgan fingerprint density at radius 3 is 2.47 bits per heavy atom. The van der Waals surface area contributed by atoms with Crippen LogP contribution in [-0.2, 0) is 4.79 Å². The summed E-state index contributed by atoms with van der Waals surface area (Å²) in [5.74, 6) is -1.37. The van der Waals surface area contributed by atoms with E-state index in [0.717, 1.165) is 12.8 Å². The molecule has 1 saturated carbocycles. The standard InChI is InChI=1S/C13H15BrN2O3/c14-9-4-3-8(7-10(9)15)11(17)16-13(12(18)19)5-1-2-6-13/h3-4,7H,1-2,5-6,15H2,(H,16,17)(H,18,19). The van der Waals surface area contributed by atoms with Crippen molar-refractivity contribution in [1.82, 2.24) is 5.32 Å². The molecule has 1 aliphatic rings. The number of nitrogens with one attached hydrogen (secondary N) is 1. The maximum atomic E-state index is 12.1. The Morgan fingerprint density at radius 1 is 1.32 bits per heavy atom. The van der Waals surface area contributed by atoms with Crippen molar-refractivity contribution in [3.8, 4) is 0 Å². The van der Waals surface area contributed by atoms with Gasteiger partial charge in [-0.2, -0.15) is 0 Å². The predicted octanol–water partition coefficient (Wildman–Crippen LogP) is 2.16. The van der Waals surface area contributed by atoms with Gasteiger partial charge in [-0.3, -0.25) is 4.79 Å². The van der Waals surface area contributed by atoms with Gasteiger partial charge in [0, 0.05) is 15.7 Å². The molecule has 0 spiro atoms. The fraction of sp³-hybridized carbons (Fsp3) is 0.385. The van der Waals surface area contributed by atoms with Crippen LogP contribution < -0.4 is 11.1 Å². The third kappa shape index (κ3) is 2.73. The molecule has 0 unspecified atom stereocenters. The number of carbonyl (C=O) groups excluding carboxylic acids is 1. The molecule has 0 heterocycles. The highest BCUT2D eigenvalue weighted by molar-refractivity contribution is 9.10. The van der Waals surface area contributed by atoms with Crippen LogP contribution in [0.5, 0.6) is 0 Å². The van der Waals surface area contributed by atoms with Crippen molar-refractivity contribution in [2.45, 2.75) is 31.2 Å². The summed E-state index contributed by atoms with van der Waals surface area (Å²) in [5, 5.41) is 12.0. The molecule has 0 radical (unpaired) electrons. The van der Waals surface area contributed by atoms with Crippen LogP contribution in [0, 0.1) is 0 Å². The Bertz CT molecular complexity index is 525. The largest absolute Gasteiger partial charge is 0.480 e. The lowest BCUT2D eigenvalue weighted by Gasteiger charge is -2.25. The molecule has 1 aliphatic carbocycles. The van der Waals surface area contributed by atoms with E-state index in [1.807, 2.05) is 0 Å². The van der Waals surface area contributed by atoms with Gasteiger partial charge in [0.1, 0.15) is 5.54 Å². The molecule has 1 amide bonds. The Hall–Kier alpha value is -1.56. The van der Waals surface area contributed by atoms with Crippen LogP contribution >= 0.6 is 15.9 Å². The first-order valence-corrected chi connectivity index (χ1v) is 6.85. The van der Waals surface area contributed by atoms with Crippen LogP contribution in [0.2, 0.25) is 0 Å². The summed E-state index contributed by atoms with van der Waals surface area (Å²) in [6, 6.07) is 4.82. The SMILES string of the molecule is Nc1cc(C(=O)NC2(C(=O)O)CCCC2)ccc1Br. The van der Waals surface area contributed by atoms with Crippen LogP contribution in [0.15, 0.2) is 22.7 Å². The lowest BCUT2D eigenvalue weighted by Crippen LogP contribution is -2.52. The van der Waals surface area contributed by atoms with Crippen LogP contribution in [0.1, 0.15) is 36.0 Å². The van der Waals surface area contributed by atoms with Gasteiger partial charge in [0.05, 0.1) is 0 Å². The molecule has 4 N–H and O–H groups in total. The van der Waals surface area contributed by atoms with Crippen molar-refractivity contribution in [1.29, 1.82) is 0 Å². The van der Waals surface area contributed by atoms with E-state index in [9.17, 15) is 14.7 Å². The number of nitrogens with two attached hydrogens (primary N) is 1. The first-order chi connectivity index (χ1) is 8.94. The minimum atomic E-state index is -1.13. The monoisotopic (exact) mass is 326 g/mol. The van der Waals surface area contributed by atoms with Gasteiger partial charge in [-0.1, -0.05) is 12.8 Å². The van der Waals surface area contributed by atoms with E-state index in [2.05, 4.69) is 21.2 Å². The molecular weight excluding hydrogens is 312 g/mol. The molecular formula is C13H15BrN2O3. The number of benzene rings is 1. The molecule has 6 heteroatoms. The van der Waals surface area contributed by atoms with E-state index in [1.54, 1.807) is 12.1 Å². The van der Waals surface area contributed by atoms with E-state index in [1.165, 1.54) is 6.07 Å². The van der Waals surface area contributed by atoms with Crippen molar-refractivity contribution in [2.75, 3.05) is 5.73 Å². The zero-order valence-corrected chi connectivity index (χ0v) is 11.9. The zero-order valence-electron chi connectivity index (χ0n) is 10.3. The molecule has 1 fully saturated rings. The molecule has 1 aromatic rings. The van der Waals surface area contributed by atoms with Crippen LogP contribution in [0.3, 0.4) is 0 Å². The molecule has 2 rings (SSSR count). The van der Waals surface area contributed by atoms with Crippen molar-refractivity contribution >= 4 is 33.5 Å². The fourth-order valence-electron chi connectivity index (χ4n) is 2.35. The van der Waals surface area contributed by atoms with Gasteiger partial charge in [-0.05, 0) is 47.0 Å². The number of nitrogen functional groups attached to an aromatic ring is 1. The predicted molar refractivity (Wildman–Crippen MR) is 74.9 cm³/mol. The Balaban J connectivity index is 2.20. The lowest BCUT2D eigenvalue weighted by atomic mass is 9.97. The fourth-order valence-corrected chi connectivity index (χ4v) is 2.59. The van der Waals surface area contributed by atoms with Gasteiger partial charge in [0.25, 0.3) is 5.91 Å². The first kappa shape index (κ1) is 13.9. The van der Waals surface area contributed by atoms with Crippen molar-refractivity contribution in [2.24, 2.45) is 0 Å². The van der Waals surface area contributed by atoms with Gasteiger partial charge in [-0.25, -0.2) is 4.79 Å². The van der Waals surface area contributed by atoms with Gasteiger partial charge < -0.3 is 16.2 Å². The van der Waals surface area contributed by atoms with E-state index < -0.39 is 17.4 Å². The number of amides is 1. The Labute approximate surface area is 119 Å². The summed E-state index contributed by atoms with van der Waals surface area (Å²) < 4.78 is 0.706. The quantitative estimate of drug-likeness (QED) is 0.742. The average molecular weight is 327 g/mol. The van der Waals surface area contributed by atoms with Crippen molar-refractivity contribution in [3.63, 3.8) is 0 Å². The molecule has 19 heavy (non-hydrogen) atoms. The molecule has 102 valence electrons. The van der Waals surface area contributed by atoms with Crippen molar-refractivity contribution < 1.29 is 14.7 Å². The number of anilines is 1. The maximum Gasteiger partial charge on any atom is 0.329 e. The number of carboxylic acid groups (broad SMARTS) is 1. The molecule has 0 aliphatic heterocycles. The number of carbonyl (C=O) groups is 2. The third-order valence-electron chi connectivity index (χ3n) is 3.48.